The number of hydrogen-bond donors (Lipinski definition) is 2. The van der Waals surface area contributed by atoms with Gasteiger partial charge in [-0.05, 0) is 12.1 Å². The average molecular weight is 356 g/mol. The molecule has 7 heteroatoms. The quantitative estimate of drug-likeness (QED) is 0.861. The van der Waals surface area contributed by atoms with Crippen LogP contribution in [0, 0.1) is 5.82 Å². The number of benzene rings is 2. The molecular weight excluding hydrogens is 339 g/mol. The molecule has 0 radical (unpaired) electrons. The summed E-state index contributed by atoms with van der Waals surface area (Å²) in [6.07, 6.45) is -0.335. The minimum absolute atomic E-state index is 0.00137. The number of carbonyl (C=O) groups excluding carboxylic acids is 1. The van der Waals surface area contributed by atoms with Crippen LogP contribution in [0.5, 0.6) is 5.75 Å². The van der Waals surface area contributed by atoms with Gasteiger partial charge in [-0.3, -0.25) is 9.59 Å². The summed E-state index contributed by atoms with van der Waals surface area (Å²) < 4.78 is 14.1. The Morgan fingerprint density at radius 3 is 2.50 bits per heavy atom. The van der Waals surface area contributed by atoms with Crippen LogP contribution >= 0.6 is 0 Å². The third kappa shape index (κ3) is 3.56. The van der Waals surface area contributed by atoms with E-state index < -0.39 is 23.7 Å². The molecule has 2 N–H and O–H groups in total. The minimum atomic E-state index is -1.09. The van der Waals surface area contributed by atoms with Crippen molar-refractivity contribution in [1.29, 1.82) is 0 Å². The van der Waals surface area contributed by atoms with Crippen molar-refractivity contribution >= 4 is 17.6 Å². The molecular formula is C19H17FN2O4. The minimum Gasteiger partial charge on any atom is -0.508 e. The van der Waals surface area contributed by atoms with Gasteiger partial charge in [0.15, 0.2) is 0 Å². The molecule has 2 aromatic carbocycles. The second kappa shape index (κ2) is 7.35. The number of halogens is 1. The number of amides is 1. The maximum Gasteiger partial charge on any atom is 0.303 e. The lowest BCUT2D eigenvalue weighted by molar-refractivity contribution is -0.141. The first kappa shape index (κ1) is 17.6. The van der Waals surface area contributed by atoms with Gasteiger partial charge in [0, 0.05) is 24.0 Å². The van der Waals surface area contributed by atoms with Crippen molar-refractivity contribution in [2.45, 2.75) is 25.3 Å². The molecule has 2 aromatic rings. The van der Waals surface area contributed by atoms with Crippen LogP contribution in [0.25, 0.3) is 0 Å². The fraction of sp³-hybridized carbons (Fsp3) is 0.211. The lowest BCUT2D eigenvalue weighted by Gasteiger charge is -2.22. The van der Waals surface area contributed by atoms with E-state index in [0.29, 0.717) is 11.3 Å². The van der Waals surface area contributed by atoms with E-state index in [-0.39, 0.29) is 30.6 Å². The lowest BCUT2D eigenvalue weighted by atomic mass is 9.97. The van der Waals surface area contributed by atoms with Crippen LogP contribution in [0.15, 0.2) is 53.6 Å². The monoisotopic (exact) mass is 356 g/mol. The van der Waals surface area contributed by atoms with E-state index >= 15 is 0 Å². The largest absolute Gasteiger partial charge is 0.508 e. The molecule has 26 heavy (non-hydrogen) atoms. The average Bonchev–Trinajstić information content (AvgIpc) is 3.05. The number of phenols is 1. The topological polar surface area (TPSA) is 90.2 Å². The summed E-state index contributed by atoms with van der Waals surface area (Å²) >= 11 is 0. The number of aromatic hydroxyl groups is 1. The van der Waals surface area contributed by atoms with E-state index in [0.717, 1.165) is 5.01 Å². The first-order chi connectivity index (χ1) is 12.5. The number of carbonyl (C=O) groups is 2. The van der Waals surface area contributed by atoms with E-state index in [1.54, 1.807) is 36.4 Å². The molecule has 0 bridgehead atoms. The van der Waals surface area contributed by atoms with E-state index in [1.807, 2.05) is 0 Å². The Balaban J connectivity index is 1.96. The Bertz CT molecular complexity index is 881. The van der Waals surface area contributed by atoms with Crippen LogP contribution in [0.3, 0.4) is 0 Å². The van der Waals surface area contributed by atoms with Crippen LogP contribution in [-0.2, 0) is 9.59 Å². The number of rotatable bonds is 5. The van der Waals surface area contributed by atoms with Crippen molar-refractivity contribution in [3.05, 3.63) is 65.5 Å². The van der Waals surface area contributed by atoms with Gasteiger partial charge in [-0.2, -0.15) is 5.10 Å². The van der Waals surface area contributed by atoms with Crippen LogP contribution < -0.4 is 0 Å². The van der Waals surface area contributed by atoms with Crippen LogP contribution in [0.4, 0.5) is 4.39 Å². The molecule has 0 fully saturated rings. The first-order valence-electron chi connectivity index (χ1n) is 8.11. The number of aliphatic carboxylic acids is 1. The molecule has 0 saturated carbocycles. The molecule has 0 aromatic heterocycles. The van der Waals surface area contributed by atoms with Gasteiger partial charge in [0.2, 0.25) is 5.91 Å². The number of carboxylic acid groups (broad SMARTS) is 1. The summed E-state index contributed by atoms with van der Waals surface area (Å²) in [7, 11) is 0. The number of hydrazone groups is 1. The predicted molar refractivity (Wildman–Crippen MR) is 92.1 cm³/mol. The Morgan fingerprint density at radius 1 is 1.12 bits per heavy atom. The van der Waals surface area contributed by atoms with Crippen molar-refractivity contribution in [1.82, 2.24) is 5.01 Å². The zero-order valence-corrected chi connectivity index (χ0v) is 13.8. The summed E-state index contributed by atoms with van der Waals surface area (Å²) in [6.45, 7) is 0. The number of carboxylic acids is 1. The Kier molecular flexibility index (Phi) is 4.97. The molecule has 0 aliphatic carbocycles. The van der Waals surface area contributed by atoms with Gasteiger partial charge >= 0.3 is 5.97 Å². The molecule has 1 heterocycles. The smallest absolute Gasteiger partial charge is 0.303 e. The van der Waals surface area contributed by atoms with Gasteiger partial charge in [-0.25, -0.2) is 9.40 Å². The summed E-state index contributed by atoms with van der Waals surface area (Å²) in [5.41, 5.74) is 1.13. The van der Waals surface area contributed by atoms with Crippen LogP contribution in [0.1, 0.15) is 36.4 Å². The van der Waals surface area contributed by atoms with E-state index in [4.69, 9.17) is 5.11 Å². The predicted octanol–water partition coefficient (Wildman–Crippen LogP) is 3.07. The number of para-hydroxylation sites is 1. The van der Waals surface area contributed by atoms with Gasteiger partial charge < -0.3 is 10.2 Å². The summed E-state index contributed by atoms with van der Waals surface area (Å²) in [5, 5.41) is 24.4. The Morgan fingerprint density at radius 2 is 1.81 bits per heavy atom. The van der Waals surface area contributed by atoms with Crippen molar-refractivity contribution in [2.75, 3.05) is 0 Å². The van der Waals surface area contributed by atoms with Crippen LogP contribution in [-0.4, -0.2) is 32.8 Å². The molecule has 1 unspecified atom stereocenters. The molecule has 6 nitrogen and oxygen atoms in total. The highest BCUT2D eigenvalue weighted by Crippen LogP contribution is 2.37. The molecule has 1 aliphatic rings. The van der Waals surface area contributed by atoms with Crippen molar-refractivity contribution in [3.63, 3.8) is 0 Å². The summed E-state index contributed by atoms with van der Waals surface area (Å²) in [6, 6.07) is 12.0. The maximum absolute atomic E-state index is 14.1. The van der Waals surface area contributed by atoms with Gasteiger partial charge in [-0.15, -0.1) is 0 Å². The van der Waals surface area contributed by atoms with Gasteiger partial charge in [0.25, 0.3) is 0 Å². The Labute approximate surface area is 149 Å². The number of hydrogen-bond acceptors (Lipinski definition) is 4. The van der Waals surface area contributed by atoms with E-state index in [9.17, 15) is 19.1 Å². The van der Waals surface area contributed by atoms with Crippen molar-refractivity contribution < 1.29 is 24.2 Å². The highest BCUT2D eigenvalue weighted by molar-refractivity contribution is 6.03. The molecule has 134 valence electrons. The third-order valence-electron chi connectivity index (χ3n) is 4.20. The lowest BCUT2D eigenvalue weighted by Crippen LogP contribution is -2.27. The fourth-order valence-electron chi connectivity index (χ4n) is 2.94. The normalized spacial score (nSPS) is 16.4. The van der Waals surface area contributed by atoms with Gasteiger partial charge in [0.05, 0.1) is 18.2 Å². The molecule has 1 atom stereocenters. The SMILES string of the molecule is O=C(O)CCC(=O)N1N=C(c2ccccc2F)CC1c1ccccc1O. The third-order valence-corrected chi connectivity index (χ3v) is 4.20. The molecule has 0 saturated heterocycles. The highest BCUT2D eigenvalue weighted by Gasteiger charge is 2.35. The van der Waals surface area contributed by atoms with Crippen molar-refractivity contribution in [3.8, 4) is 5.75 Å². The van der Waals surface area contributed by atoms with E-state index in [1.165, 1.54) is 12.1 Å². The maximum atomic E-state index is 14.1. The van der Waals surface area contributed by atoms with Crippen LogP contribution in [0.2, 0.25) is 0 Å². The molecule has 1 amide bonds. The Hall–Kier alpha value is -3.22. The summed E-state index contributed by atoms with van der Waals surface area (Å²) in [4.78, 5) is 23.2. The van der Waals surface area contributed by atoms with Gasteiger partial charge in [-0.1, -0.05) is 36.4 Å². The zero-order chi connectivity index (χ0) is 18.7. The number of phenolic OH excluding ortho intramolecular Hbond substituents is 1. The van der Waals surface area contributed by atoms with Gasteiger partial charge in [0.1, 0.15) is 11.6 Å². The van der Waals surface area contributed by atoms with E-state index in [2.05, 4.69) is 5.10 Å². The standard InChI is InChI=1S/C19H17FN2O4/c20-14-7-3-1-5-12(14)15-11-16(13-6-2-4-8-17(13)23)22(21-15)18(24)9-10-19(25)26/h1-8,16,23H,9-11H2,(H,25,26). The fourth-order valence-corrected chi connectivity index (χ4v) is 2.94. The summed E-state index contributed by atoms with van der Waals surface area (Å²) in [5.74, 6) is -2.04. The molecule has 1 aliphatic heterocycles. The second-order valence-corrected chi connectivity index (χ2v) is 5.94. The molecule has 3 rings (SSSR count). The second-order valence-electron chi connectivity index (χ2n) is 5.94. The highest BCUT2D eigenvalue weighted by atomic mass is 19.1. The zero-order valence-electron chi connectivity index (χ0n) is 13.8. The molecule has 0 spiro atoms. The number of nitrogens with zero attached hydrogens (tertiary/aromatic N) is 2. The first-order valence-corrected chi connectivity index (χ1v) is 8.11. The van der Waals surface area contributed by atoms with Crippen molar-refractivity contribution in [2.24, 2.45) is 5.10 Å².